The lowest BCUT2D eigenvalue weighted by molar-refractivity contribution is 0.0428. The van der Waals surface area contributed by atoms with Gasteiger partial charge >= 0.3 is 5.97 Å². The van der Waals surface area contributed by atoms with Gasteiger partial charge in [-0.05, 0) is 30.5 Å². The van der Waals surface area contributed by atoms with E-state index in [0.29, 0.717) is 28.8 Å². The molecule has 2 N–H and O–H groups in total. The Morgan fingerprint density at radius 2 is 2.16 bits per heavy atom. The first-order valence-corrected chi connectivity index (χ1v) is 7.18. The van der Waals surface area contributed by atoms with Crippen molar-refractivity contribution in [2.24, 2.45) is 5.92 Å². The number of unbranched alkanes of at least 4 members (excludes halogenated alkanes) is 1. The second-order valence-electron chi connectivity index (χ2n) is 4.75. The second-order valence-corrected chi connectivity index (χ2v) is 5.16. The van der Waals surface area contributed by atoms with E-state index in [0.717, 1.165) is 19.3 Å². The molecular formula is C15H22ClNO2. The van der Waals surface area contributed by atoms with Gasteiger partial charge in [0.2, 0.25) is 0 Å². The molecular weight excluding hydrogens is 262 g/mol. The van der Waals surface area contributed by atoms with Gasteiger partial charge in [-0.2, -0.15) is 0 Å². The number of carbonyl (C=O) groups excluding carboxylic acids is 1. The molecule has 3 nitrogen and oxygen atoms in total. The van der Waals surface area contributed by atoms with E-state index in [9.17, 15) is 4.79 Å². The molecule has 0 aliphatic heterocycles. The second kappa shape index (κ2) is 8.05. The van der Waals surface area contributed by atoms with Crippen LogP contribution in [0.5, 0.6) is 0 Å². The zero-order chi connectivity index (χ0) is 14.3. The Labute approximate surface area is 120 Å². The summed E-state index contributed by atoms with van der Waals surface area (Å²) in [5.41, 5.74) is 6.52. The average molecular weight is 284 g/mol. The molecule has 0 fully saturated rings. The van der Waals surface area contributed by atoms with Crippen LogP contribution in [0, 0.1) is 5.92 Å². The summed E-state index contributed by atoms with van der Waals surface area (Å²) in [7, 11) is 0. The monoisotopic (exact) mass is 283 g/mol. The Hall–Kier alpha value is -1.22. The van der Waals surface area contributed by atoms with Crippen LogP contribution >= 0.6 is 11.6 Å². The van der Waals surface area contributed by atoms with Gasteiger partial charge in [0.1, 0.15) is 0 Å². The minimum Gasteiger partial charge on any atom is -0.462 e. The summed E-state index contributed by atoms with van der Waals surface area (Å²) < 4.78 is 5.34. The predicted octanol–water partition coefficient (Wildman–Crippen LogP) is 4.30. The molecule has 0 bridgehead atoms. The molecule has 0 amide bonds. The number of nitrogen functional groups attached to an aromatic ring is 1. The van der Waals surface area contributed by atoms with E-state index >= 15 is 0 Å². The van der Waals surface area contributed by atoms with Crippen molar-refractivity contribution < 1.29 is 9.53 Å². The van der Waals surface area contributed by atoms with Crippen molar-refractivity contribution in [2.45, 2.75) is 39.5 Å². The first-order valence-electron chi connectivity index (χ1n) is 6.80. The minimum absolute atomic E-state index is 0.335. The van der Waals surface area contributed by atoms with Gasteiger partial charge in [0.05, 0.1) is 22.9 Å². The van der Waals surface area contributed by atoms with Crippen LogP contribution in [0.3, 0.4) is 0 Å². The molecule has 1 rings (SSSR count). The third-order valence-corrected chi connectivity index (χ3v) is 3.57. The molecule has 1 atom stereocenters. The van der Waals surface area contributed by atoms with Crippen LogP contribution in [0.25, 0.3) is 0 Å². The van der Waals surface area contributed by atoms with E-state index in [2.05, 4.69) is 13.8 Å². The molecule has 106 valence electrons. The van der Waals surface area contributed by atoms with Crippen molar-refractivity contribution >= 4 is 23.3 Å². The molecule has 1 unspecified atom stereocenters. The number of anilines is 1. The van der Waals surface area contributed by atoms with Crippen LogP contribution in [-0.4, -0.2) is 12.6 Å². The summed E-state index contributed by atoms with van der Waals surface area (Å²) >= 11 is 5.82. The largest absolute Gasteiger partial charge is 0.462 e. The van der Waals surface area contributed by atoms with Gasteiger partial charge in [-0.1, -0.05) is 44.7 Å². The van der Waals surface area contributed by atoms with Gasteiger partial charge in [-0.25, -0.2) is 4.79 Å². The van der Waals surface area contributed by atoms with Crippen molar-refractivity contribution in [3.63, 3.8) is 0 Å². The van der Waals surface area contributed by atoms with Crippen LogP contribution < -0.4 is 5.73 Å². The lowest BCUT2D eigenvalue weighted by Gasteiger charge is -2.14. The van der Waals surface area contributed by atoms with E-state index in [4.69, 9.17) is 22.1 Å². The smallest absolute Gasteiger partial charge is 0.338 e. The van der Waals surface area contributed by atoms with Crippen LogP contribution in [0.2, 0.25) is 5.02 Å². The first kappa shape index (κ1) is 15.8. The highest BCUT2D eigenvalue weighted by Gasteiger charge is 2.12. The Bertz CT molecular complexity index is 421. The van der Waals surface area contributed by atoms with Gasteiger partial charge in [0, 0.05) is 0 Å². The van der Waals surface area contributed by atoms with Crippen molar-refractivity contribution in [1.29, 1.82) is 0 Å². The van der Waals surface area contributed by atoms with Gasteiger partial charge in [0.25, 0.3) is 0 Å². The molecule has 0 saturated heterocycles. The lowest BCUT2D eigenvalue weighted by Crippen LogP contribution is -2.14. The molecule has 0 heterocycles. The Morgan fingerprint density at radius 3 is 2.74 bits per heavy atom. The van der Waals surface area contributed by atoms with Gasteiger partial charge < -0.3 is 10.5 Å². The summed E-state index contributed by atoms with van der Waals surface area (Å²) in [5, 5.41) is 0.450. The summed E-state index contributed by atoms with van der Waals surface area (Å²) in [4.78, 5) is 11.9. The predicted molar refractivity (Wildman–Crippen MR) is 79.5 cm³/mol. The van der Waals surface area contributed by atoms with Crippen molar-refractivity contribution in [1.82, 2.24) is 0 Å². The van der Waals surface area contributed by atoms with Gasteiger partial charge in [0.15, 0.2) is 0 Å². The summed E-state index contributed by atoms with van der Waals surface area (Å²) in [6, 6.07) is 4.80. The van der Waals surface area contributed by atoms with E-state index in [-0.39, 0.29) is 5.97 Å². The zero-order valence-corrected chi connectivity index (χ0v) is 12.4. The highest BCUT2D eigenvalue weighted by Crippen LogP contribution is 2.20. The number of carbonyl (C=O) groups is 1. The average Bonchev–Trinajstić information content (AvgIpc) is 2.41. The fourth-order valence-corrected chi connectivity index (χ4v) is 1.96. The van der Waals surface area contributed by atoms with E-state index < -0.39 is 0 Å². The molecule has 1 aromatic carbocycles. The maximum atomic E-state index is 11.9. The topological polar surface area (TPSA) is 52.3 Å². The van der Waals surface area contributed by atoms with E-state index in [1.807, 2.05) is 0 Å². The number of hydrogen-bond donors (Lipinski definition) is 1. The maximum absolute atomic E-state index is 11.9. The van der Waals surface area contributed by atoms with Crippen LogP contribution in [0.1, 0.15) is 49.9 Å². The zero-order valence-electron chi connectivity index (χ0n) is 11.6. The fourth-order valence-electron chi connectivity index (χ4n) is 1.85. The number of hydrogen-bond acceptors (Lipinski definition) is 3. The Kier molecular flexibility index (Phi) is 6.71. The van der Waals surface area contributed by atoms with Crippen molar-refractivity contribution in [2.75, 3.05) is 12.3 Å². The Morgan fingerprint density at radius 1 is 1.42 bits per heavy atom. The first-order chi connectivity index (χ1) is 9.08. The molecule has 0 spiro atoms. The number of esters is 1. The third-order valence-electron chi connectivity index (χ3n) is 3.23. The van der Waals surface area contributed by atoms with Crippen molar-refractivity contribution in [3.8, 4) is 0 Å². The molecule has 4 heteroatoms. The van der Waals surface area contributed by atoms with Crippen molar-refractivity contribution in [3.05, 3.63) is 28.8 Å². The van der Waals surface area contributed by atoms with Crippen LogP contribution in [0.15, 0.2) is 18.2 Å². The third kappa shape index (κ3) is 5.11. The van der Waals surface area contributed by atoms with E-state index in [1.54, 1.807) is 18.2 Å². The Balaban J connectivity index is 2.52. The number of rotatable bonds is 7. The normalized spacial score (nSPS) is 12.2. The molecule has 0 radical (unpaired) electrons. The SMILES string of the molecule is CCCCC(CC)COC(=O)c1ccc(Cl)c(N)c1. The standard InChI is InChI=1S/C15H22ClNO2/c1-3-5-6-11(4-2)10-19-15(18)12-7-8-13(16)14(17)9-12/h7-9,11H,3-6,10,17H2,1-2H3. The highest BCUT2D eigenvalue weighted by atomic mass is 35.5. The van der Waals surface area contributed by atoms with Crippen LogP contribution in [0.4, 0.5) is 5.69 Å². The molecule has 19 heavy (non-hydrogen) atoms. The fraction of sp³-hybridized carbons (Fsp3) is 0.533. The maximum Gasteiger partial charge on any atom is 0.338 e. The van der Waals surface area contributed by atoms with E-state index in [1.165, 1.54) is 6.42 Å². The molecule has 1 aromatic rings. The summed E-state index contributed by atoms with van der Waals surface area (Å²) in [6.45, 7) is 4.75. The summed E-state index contributed by atoms with van der Waals surface area (Å²) in [5.74, 6) is 0.104. The van der Waals surface area contributed by atoms with Gasteiger partial charge in [-0.15, -0.1) is 0 Å². The number of ether oxygens (including phenoxy) is 1. The number of benzene rings is 1. The van der Waals surface area contributed by atoms with Crippen LogP contribution in [-0.2, 0) is 4.74 Å². The quantitative estimate of drug-likeness (QED) is 0.600. The lowest BCUT2D eigenvalue weighted by atomic mass is 10.0. The molecule has 0 aliphatic carbocycles. The number of nitrogens with two attached hydrogens (primary N) is 1. The number of halogens is 1. The van der Waals surface area contributed by atoms with Gasteiger partial charge in [-0.3, -0.25) is 0 Å². The minimum atomic E-state index is -0.335. The summed E-state index contributed by atoms with van der Waals surface area (Å²) in [6.07, 6.45) is 4.46. The molecule has 0 saturated carbocycles. The molecule has 0 aromatic heterocycles. The highest BCUT2D eigenvalue weighted by molar-refractivity contribution is 6.33. The molecule has 0 aliphatic rings.